The van der Waals surface area contributed by atoms with Crippen molar-refractivity contribution in [3.63, 3.8) is 0 Å². The second-order valence-corrected chi connectivity index (χ2v) is 5.66. The van der Waals surface area contributed by atoms with Gasteiger partial charge in [0.05, 0.1) is 6.04 Å². The molecule has 3 rings (SSSR count). The molecule has 1 aliphatic heterocycles. The second-order valence-electron chi connectivity index (χ2n) is 5.66. The van der Waals surface area contributed by atoms with Gasteiger partial charge in [0.1, 0.15) is 11.9 Å². The number of benzene rings is 2. The van der Waals surface area contributed by atoms with Crippen molar-refractivity contribution in [3.8, 4) is 5.75 Å². The molecule has 104 valence electrons. The van der Waals surface area contributed by atoms with Crippen molar-refractivity contribution >= 4 is 0 Å². The molecule has 0 fully saturated rings. The lowest BCUT2D eigenvalue weighted by Crippen LogP contribution is -2.32. The summed E-state index contributed by atoms with van der Waals surface area (Å²) in [6.45, 7) is 4.29. The molecule has 2 unspecified atom stereocenters. The number of fused-ring (bicyclic) bond motifs is 1. The largest absolute Gasteiger partial charge is 0.488 e. The highest BCUT2D eigenvalue weighted by molar-refractivity contribution is 5.39. The Morgan fingerprint density at radius 3 is 2.45 bits per heavy atom. The summed E-state index contributed by atoms with van der Waals surface area (Å²) in [6, 6.07) is 15.3. The molecule has 2 aromatic rings. The summed E-state index contributed by atoms with van der Waals surface area (Å²) in [6.07, 6.45) is 1.13. The van der Waals surface area contributed by atoms with E-state index in [0.717, 1.165) is 12.2 Å². The summed E-state index contributed by atoms with van der Waals surface area (Å²) in [5, 5.41) is 3.42. The van der Waals surface area contributed by atoms with Gasteiger partial charge in [-0.3, -0.25) is 0 Å². The van der Waals surface area contributed by atoms with E-state index in [4.69, 9.17) is 4.74 Å². The summed E-state index contributed by atoms with van der Waals surface area (Å²) in [7, 11) is 2.01. The molecule has 1 heterocycles. The molecule has 1 N–H and O–H groups in total. The Morgan fingerprint density at radius 2 is 1.80 bits per heavy atom. The highest BCUT2D eigenvalue weighted by Crippen LogP contribution is 2.34. The van der Waals surface area contributed by atoms with Crippen LogP contribution in [0.25, 0.3) is 0 Å². The molecule has 0 saturated heterocycles. The number of nitrogens with one attached hydrogen (secondary N) is 1. The smallest absolute Gasteiger partial charge is 0.123 e. The van der Waals surface area contributed by atoms with Crippen LogP contribution >= 0.6 is 0 Å². The molecule has 0 radical (unpaired) electrons. The highest BCUT2D eigenvalue weighted by Gasteiger charge is 2.30. The molecule has 2 aromatic carbocycles. The zero-order valence-electron chi connectivity index (χ0n) is 12.3. The third kappa shape index (κ3) is 2.44. The van der Waals surface area contributed by atoms with Gasteiger partial charge in [-0.2, -0.15) is 0 Å². The van der Waals surface area contributed by atoms with E-state index in [-0.39, 0.29) is 12.1 Å². The first-order valence-electron chi connectivity index (χ1n) is 7.17. The van der Waals surface area contributed by atoms with Crippen LogP contribution in [-0.2, 0) is 6.42 Å². The topological polar surface area (TPSA) is 21.3 Å². The summed E-state index contributed by atoms with van der Waals surface area (Å²) in [4.78, 5) is 0. The van der Waals surface area contributed by atoms with E-state index in [1.165, 1.54) is 22.3 Å². The molecule has 2 atom stereocenters. The maximum absolute atomic E-state index is 6.13. The molecule has 0 spiro atoms. The van der Waals surface area contributed by atoms with Gasteiger partial charge in [0.25, 0.3) is 0 Å². The minimum absolute atomic E-state index is 0.165. The van der Waals surface area contributed by atoms with Crippen LogP contribution in [0.5, 0.6) is 5.75 Å². The fraction of sp³-hybridized carbons (Fsp3) is 0.333. The molecule has 0 bridgehead atoms. The van der Waals surface area contributed by atoms with E-state index in [2.05, 4.69) is 55.6 Å². The Labute approximate surface area is 120 Å². The molecule has 0 amide bonds. The van der Waals surface area contributed by atoms with E-state index in [0.29, 0.717) is 0 Å². The minimum Gasteiger partial charge on any atom is -0.488 e. The summed E-state index contributed by atoms with van der Waals surface area (Å²) >= 11 is 0. The number of likely N-dealkylation sites (N-methyl/N-ethyl adjacent to an activating group) is 1. The molecular weight excluding hydrogens is 246 g/mol. The van der Waals surface area contributed by atoms with Crippen molar-refractivity contribution < 1.29 is 4.74 Å². The van der Waals surface area contributed by atoms with Crippen molar-refractivity contribution in [2.75, 3.05) is 7.05 Å². The van der Waals surface area contributed by atoms with Crippen LogP contribution in [0.3, 0.4) is 0 Å². The minimum atomic E-state index is 0.165. The number of aryl methyl sites for hydroxylation is 2. The average molecular weight is 267 g/mol. The number of ether oxygens (including phenoxy) is 1. The van der Waals surface area contributed by atoms with E-state index in [1.807, 2.05) is 13.1 Å². The Morgan fingerprint density at radius 1 is 1.10 bits per heavy atom. The van der Waals surface area contributed by atoms with Gasteiger partial charge < -0.3 is 10.1 Å². The fourth-order valence-corrected chi connectivity index (χ4v) is 3.15. The van der Waals surface area contributed by atoms with Crippen LogP contribution in [0.1, 0.15) is 28.3 Å². The lowest BCUT2D eigenvalue weighted by molar-refractivity contribution is 0.183. The predicted octanol–water partition coefficient (Wildman–Crippen LogP) is 3.57. The van der Waals surface area contributed by atoms with Gasteiger partial charge in [0.2, 0.25) is 0 Å². The lowest BCUT2D eigenvalue weighted by atomic mass is 9.95. The Bertz CT molecular complexity index is 575. The first-order chi connectivity index (χ1) is 9.67. The van der Waals surface area contributed by atoms with Crippen molar-refractivity contribution in [2.24, 2.45) is 0 Å². The molecule has 0 aliphatic carbocycles. The van der Waals surface area contributed by atoms with Gasteiger partial charge in [-0.1, -0.05) is 47.5 Å². The van der Waals surface area contributed by atoms with Gasteiger partial charge in [0.15, 0.2) is 0 Å². The van der Waals surface area contributed by atoms with Crippen molar-refractivity contribution in [1.82, 2.24) is 5.32 Å². The summed E-state index contributed by atoms with van der Waals surface area (Å²) in [5.74, 6) is 1.03. The normalized spacial score (nSPS) is 18.4. The van der Waals surface area contributed by atoms with Crippen LogP contribution in [-0.4, -0.2) is 13.2 Å². The molecule has 0 aromatic heterocycles. The van der Waals surface area contributed by atoms with Crippen LogP contribution in [0.15, 0.2) is 42.5 Å². The standard InChI is InChI=1S/C18H21NO/c1-12-8-13(2)10-15(9-12)18(19-3)17-11-14-6-4-5-7-16(14)20-17/h4-10,17-19H,11H2,1-3H3. The zero-order chi connectivity index (χ0) is 14.1. The van der Waals surface area contributed by atoms with Gasteiger partial charge in [0, 0.05) is 6.42 Å². The Hall–Kier alpha value is -1.80. The van der Waals surface area contributed by atoms with Gasteiger partial charge >= 0.3 is 0 Å². The van der Waals surface area contributed by atoms with Gasteiger partial charge in [-0.05, 0) is 38.1 Å². The lowest BCUT2D eigenvalue weighted by Gasteiger charge is -2.24. The molecule has 0 saturated carbocycles. The van der Waals surface area contributed by atoms with Gasteiger partial charge in [-0.25, -0.2) is 0 Å². The zero-order valence-corrected chi connectivity index (χ0v) is 12.3. The second kappa shape index (κ2) is 5.29. The molecule has 2 nitrogen and oxygen atoms in total. The van der Waals surface area contributed by atoms with Crippen LogP contribution in [0, 0.1) is 13.8 Å². The van der Waals surface area contributed by atoms with Crippen molar-refractivity contribution in [1.29, 1.82) is 0 Å². The Balaban J connectivity index is 1.88. The summed E-state index contributed by atoms with van der Waals surface area (Å²) in [5.41, 5.74) is 5.22. The number of rotatable bonds is 3. The first kappa shape index (κ1) is 13.2. The monoisotopic (exact) mass is 267 g/mol. The predicted molar refractivity (Wildman–Crippen MR) is 82.3 cm³/mol. The van der Waals surface area contributed by atoms with Gasteiger partial charge in [-0.15, -0.1) is 0 Å². The van der Waals surface area contributed by atoms with E-state index < -0.39 is 0 Å². The fourth-order valence-electron chi connectivity index (χ4n) is 3.15. The Kier molecular flexibility index (Phi) is 3.49. The van der Waals surface area contributed by atoms with E-state index >= 15 is 0 Å². The molecular formula is C18H21NO. The highest BCUT2D eigenvalue weighted by atomic mass is 16.5. The van der Waals surface area contributed by atoms with E-state index in [1.54, 1.807) is 0 Å². The third-order valence-corrected chi connectivity index (χ3v) is 3.96. The van der Waals surface area contributed by atoms with Crippen LogP contribution in [0.4, 0.5) is 0 Å². The van der Waals surface area contributed by atoms with Crippen molar-refractivity contribution in [2.45, 2.75) is 32.4 Å². The molecule has 2 heteroatoms. The third-order valence-electron chi connectivity index (χ3n) is 3.96. The summed E-state index contributed by atoms with van der Waals surface area (Å²) < 4.78 is 6.13. The SMILES string of the molecule is CNC(c1cc(C)cc(C)c1)C1Cc2ccccc2O1. The molecule has 1 aliphatic rings. The quantitative estimate of drug-likeness (QED) is 0.918. The van der Waals surface area contributed by atoms with Crippen molar-refractivity contribution in [3.05, 3.63) is 64.7 Å². The average Bonchev–Trinajstić information content (AvgIpc) is 2.81. The first-order valence-corrected chi connectivity index (χ1v) is 7.17. The number of para-hydroxylation sites is 1. The maximum Gasteiger partial charge on any atom is 0.123 e. The van der Waals surface area contributed by atoms with Crippen LogP contribution in [0.2, 0.25) is 0 Å². The number of hydrogen-bond acceptors (Lipinski definition) is 2. The molecule has 20 heavy (non-hydrogen) atoms. The van der Waals surface area contributed by atoms with Crippen LogP contribution < -0.4 is 10.1 Å². The number of hydrogen-bond donors (Lipinski definition) is 1. The maximum atomic E-state index is 6.13. The van der Waals surface area contributed by atoms with E-state index in [9.17, 15) is 0 Å².